The fourth-order valence-corrected chi connectivity index (χ4v) is 2.16. The van der Waals surface area contributed by atoms with Crippen molar-refractivity contribution in [3.05, 3.63) is 0 Å². The molecule has 0 radical (unpaired) electrons. The average molecular weight is 268 g/mol. The van der Waals surface area contributed by atoms with E-state index in [-0.39, 0.29) is 0 Å². The fraction of sp³-hybridized carbons (Fsp3) is 1.00. The van der Waals surface area contributed by atoms with Crippen molar-refractivity contribution < 1.29 is 13.2 Å². The third kappa shape index (κ3) is 9.71. The molecule has 0 aliphatic rings. The lowest BCUT2D eigenvalue weighted by atomic mass is 9.88. The van der Waals surface area contributed by atoms with Gasteiger partial charge in [-0.2, -0.15) is 13.2 Å². The highest BCUT2D eigenvalue weighted by atomic mass is 19.4. The molecule has 0 rings (SSSR count). The minimum atomic E-state index is -4.08. The Morgan fingerprint density at radius 2 is 1.72 bits per heavy atom. The van der Waals surface area contributed by atoms with E-state index in [2.05, 4.69) is 19.2 Å². The lowest BCUT2D eigenvalue weighted by molar-refractivity contribution is -0.139. The maximum absolute atomic E-state index is 12.1. The highest BCUT2D eigenvalue weighted by molar-refractivity contribution is 4.68. The van der Waals surface area contributed by atoms with Crippen LogP contribution < -0.4 is 11.1 Å². The van der Waals surface area contributed by atoms with Gasteiger partial charge in [-0.05, 0) is 51.1 Å². The fourth-order valence-electron chi connectivity index (χ4n) is 2.16. The van der Waals surface area contributed by atoms with Gasteiger partial charge in [0.25, 0.3) is 0 Å². The van der Waals surface area contributed by atoms with Gasteiger partial charge in [-0.25, -0.2) is 0 Å². The Bertz CT molecular complexity index is 205. The maximum atomic E-state index is 12.1. The number of halogens is 3. The van der Waals surface area contributed by atoms with Gasteiger partial charge >= 0.3 is 6.18 Å². The summed E-state index contributed by atoms with van der Waals surface area (Å²) in [4.78, 5) is 0. The van der Waals surface area contributed by atoms with Crippen molar-refractivity contribution in [3.63, 3.8) is 0 Å². The first-order valence-electron chi connectivity index (χ1n) is 6.76. The SMILES string of the molecule is CC(CC(F)(F)F)NCCCC(CCN)C(C)C. The second kappa shape index (κ2) is 8.75. The van der Waals surface area contributed by atoms with E-state index in [1.807, 2.05) is 0 Å². The van der Waals surface area contributed by atoms with E-state index in [1.54, 1.807) is 6.92 Å². The maximum Gasteiger partial charge on any atom is 0.390 e. The molecule has 2 unspecified atom stereocenters. The third-order valence-corrected chi connectivity index (χ3v) is 3.26. The highest BCUT2D eigenvalue weighted by Gasteiger charge is 2.29. The summed E-state index contributed by atoms with van der Waals surface area (Å²) in [5.74, 6) is 1.16. The first kappa shape index (κ1) is 17.7. The van der Waals surface area contributed by atoms with Gasteiger partial charge in [-0.15, -0.1) is 0 Å². The van der Waals surface area contributed by atoms with Crippen LogP contribution >= 0.6 is 0 Å². The molecule has 0 saturated heterocycles. The standard InChI is InChI=1S/C13H27F3N2/c1-10(2)12(6-7-17)5-4-8-18-11(3)9-13(14,15)16/h10-12,18H,4-9,17H2,1-3H3. The Labute approximate surface area is 109 Å². The predicted octanol–water partition coefficient (Wildman–Crippen LogP) is 3.32. The van der Waals surface area contributed by atoms with Crippen molar-refractivity contribution in [2.75, 3.05) is 13.1 Å². The van der Waals surface area contributed by atoms with Gasteiger partial charge < -0.3 is 11.1 Å². The summed E-state index contributed by atoms with van der Waals surface area (Å²) in [7, 11) is 0. The quantitative estimate of drug-likeness (QED) is 0.630. The number of alkyl halides is 3. The van der Waals surface area contributed by atoms with Crippen molar-refractivity contribution in [2.45, 2.75) is 58.7 Å². The summed E-state index contributed by atoms with van der Waals surface area (Å²) < 4.78 is 36.3. The van der Waals surface area contributed by atoms with Crippen molar-refractivity contribution in [1.29, 1.82) is 0 Å². The van der Waals surface area contributed by atoms with E-state index < -0.39 is 18.6 Å². The number of nitrogens with one attached hydrogen (secondary N) is 1. The lowest BCUT2D eigenvalue weighted by Crippen LogP contribution is -2.32. The molecule has 3 N–H and O–H groups in total. The predicted molar refractivity (Wildman–Crippen MR) is 69.4 cm³/mol. The van der Waals surface area contributed by atoms with Crippen LogP contribution in [0.4, 0.5) is 13.2 Å². The number of nitrogens with two attached hydrogens (primary N) is 1. The minimum absolute atomic E-state index is 0.503. The highest BCUT2D eigenvalue weighted by Crippen LogP contribution is 2.22. The van der Waals surface area contributed by atoms with Crippen LogP contribution in [0, 0.1) is 11.8 Å². The molecule has 0 aliphatic heterocycles. The minimum Gasteiger partial charge on any atom is -0.330 e. The van der Waals surface area contributed by atoms with Crippen molar-refractivity contribution in [3.8, 4) is 0 Å². The molecular weight excluding hydrogens is 241 g/mol. The number of rotatable bonds is 9. The molecule has 110 valence electrons. The molecule has 2 atom stereocenters. The summed E-state index contributed by atoms with van der Waals surface area (Å²) in [6, 6.07) is -0.503. The van der Waals surface area contributed by atoms with Gasteiger partial charge in [0.1, 0.15) is 0 Å². The van der Waals surface area contributed by atoms with E-state index in [9.17, 15) is 13.2 Å². The summed E-state index contributed by atoms with van der Waals surface area (Å²) in [5.41, 5.74) is 5.55. The molecule has 5 heteroatoms. The Morgan fingerprint density at radius 3 is 2.17 bits per heavy atom. The van der Waals surface area contributed by atoms with E-state index in [0.717, 1.165) is 19.3 Å². The van der Waals surface area contributed by atoms with Crippen molar-refractivity contribution in [2.24, 2.45) is 17.6 Å². The Balaban J connectivity index is 3.71. The summed E-state index contributed by atoms with van der Waals surface area (Å²) in [6.45, 7) is 7.24. The summed E-state index contributed by atoms with van der Waals surface area (Å²) >= 11 is 0. The zero-order valence-corrected chi connectivity index (χ0v) is 11.7. The Hall–Kier alpha value is -0.290. The molecule has 2 nitrogen and oxygen atoms in total. The second-order valence-corrected chi connectivity index (χ2v) is 5.40. The molecule has 0 aliphatic carbocycles. The first-order chi connectivity index (χ1) is 8.26. The van der Waals surface area contributed by atoms with E-state index >= 15 is 0 Å². The molecule has 0 amide bonds. The van der Waals surface area contributed by atoms with Crippen LogP contribution in [-0.4, -0.2) is 25.3 Å². The molecule has 0 aromatic carbocycles. The summed E-state index contributed by atoms with van der Waals surface area (Å²) in [5, 5.41) is 2.92. The average Bonchev–Trinajstić information content (AvgIpc) is 2.19. The van der Waals surface area contributed by atoms with Crippen molar-refractivity contribution >= 4 is 0 Å². The monoisotopic (exact) mass is 268 g/mol. The summed E-state index contributed by atoms with van der Waals surface area (Å²) in [6.07, 6.45) is -1.91. The topological polar surface area (TPSA) is 38.0 Å². The van der Waals surface area contributed by atoms with Crippen LogP contribution in [0.1, 0.15) is 46.5 Å². The van der Waals surface area contributed by atoms with Crippen LogP contribution in [0.5, 0.6) is 0 Å². The molecule has 0 heterocycles. The first-order valence-corrected chi connectivity index (χ1v) is 6.76. The van der Waals surface area contributed by atoms with Crippen LogP contribution in [0.3, 0.4) is 0 Å². The molecular formula is C13H27F3N2. The van der Waals surface area contributed by atoms with Crippen LogP contribution in [0.25, 0.3) is 0 Å². The van der Waals surface area contributed by atoms with Gasteiger partial charge in [-0.1, -0.05) is 13.8 Å². The smallest absolute Gasteiger partial charge is 0.330 e. The molecule has 0 aromatic heterocycles. The van der Waals surface area contributed by atoms with Gasteiger partial charge in [0.05, 0.1) is 6.42 Å². The number of hydrogen-bond donors (Lipinski definition) is 2. The van der Waals surface area contributed by atoms with Crippen LogP contribution in [-0.2, 0) is 0 Å². The largest absolute Gasteiger partial charge is 0.390 e. The molecule has 18 heavy (non-hydrogen) atoms. The van der Waals surface area contributed by atoms with Crippen molar-refractivity contribution in [1.82, 2.24) is 5.32 Å². The van der Waals surface area contributed by atoms with E-state index in [4.69, 9.17) is 5.73 Å². The van der Waals surface area contributed by atoms with Gasteiger partial charge in [0.2, 0.25) is 0 Å². The van der Waals surface area contributed by atoms with Crippen LogP contribution in [0.2, 0.25) is 0 Å². The van der Waals surface area contributed by atoms with E-state index in [0.29, 0.717) is 24.9 Å². The molecule has 0 bridgehead atoms. The number of hydrogen-bond acceptors (Lipinski definition) is 2. The molecule has 0 aromatic rings. The van der Waals surface area contributed by atoms with Crippen LogP contribution in [0.15, 0.2) is 0 Å². The zero-order valence-electron chi connectivity index (χ0n) is 11.7. The Morgan fingerprint density at radius 1 is 1.11 bits per heavy atom. The lowest BCUT2D eigenvalue weighted by Gasteiger charge is -2.21. The molecule has 0 saturated carbocycles. The molecule has 0 fully saturated rings. The van der Waals surface area contributed by atoms with Gasteiger partial charge in [0.15, 0.2) is 0 Å². The molecule has 0 spiro atoms. The Kier molecular flexibility index (Phi) is 8.61. The van der Waals surface area contributed by atoms with E-state index in [1.165, 1.54) is 0 Å². The zero-order chi connectivity index (χ0) is 14.2. The van der Waals surface area contributed by atoms with Gasteiger partial charge in [0, 0.05) is 6.04 Å². The van der Waals surface area contributed by atoms with Gasteiger partial charge in [-0.3, -0.25) is 0 Å². The third-order valence-electron chi connectivity index (χ3n) is 3.26. The normalized spacial score (nSPS) is 16.0. The second-order valence-electron chi connectivity index (χ2n) is 5.40.